The molecule has 26 heavy (non-hydrogen) atoms. The number of likely N-dealkylation sites (tertiary alicyclic amines) is 1. The van der Waals surface area contributed by atoms with Crippen LogP contribution in [0.5, 0.6) is 0 Å². The van der Waals surface area contributed by atoms with Crippen LogP contribution in [0.2, 0.25) is 0 Å². The zero-order chi connectivity index (χ0) is 18.5. The maximum absolute atomic E-state index is 13.1. The van der Waals surface area contributed by atoms with Gasteiger partial charge in [-0.2, -0.15) is 13.2 Å². The Morgan fingerprint density at radius 1 is 1.19 bits per heavy atom. The number of halogens is 3. The van der Waals surface area contributed by atoms with Crippen LogP contribution in [0.25, 0.3) is 0 Å². The summed E-state index contributed by atoms with van der Waals surface area (Å²) in [6.07, 6.45) is -1.39. The summed E-state index contributed by atoms with van der Waals surface area (Å²) < 4.78 is 39.2. The zero-order valence-electron chi connectivity index (χ0n) is 14.1. The Labute approximate surface area is 153 Å². The van der Waals surface area contributed by atoms with Crippen LogP contribution in [0.15, 0.2) is 24.3 Å². The summed E-state index contributed by atoms with van der Waals surface area (Å²) in [4.78, 5) is 27.6. The molecule has 1 aliphatic carbocycles. The fourth-order valence-electron chi connectivity index (χ4n) is 3.79. The predicted octanol–water partition coefficient (Wildman–Crippen LogP) is 3.51. The molecule has 2 heterocycles. The van der Waals surface area contributed by atoms with Gasteiger partial charge in [-0.1, -0.05) is 6.07 Å². The molecule has 140 valence electrons. The summed E-state index contributed by atoms with van der Waals surface area (Å²) >= 11 is 1.48. The number of nitrogens with zero attached hydrogens (tertiary/aromatic N) is 2. The van der Waals surface area contributed by atoms with Crippen molar-refractivity contribution in [3.05, 3.63) is 29.8 Å². The molecule has 0 N–H and O–H groups in total. The van der Waals surface area contributed by atoms with E-state index in [1.165, 1.54) is 22.7 Å². The molecule has 8 heteroatoms. The summed E-state index contributed by atoms with van der Waals surface area (Å²) in [6, 6.07) is 4.96. The zero-order valence-corrected chi connectivity index (χ0v) is 14.9. The SMILES string of the molecule is O=C(C1CC1)N1CCC2(CC1)SCC(=O)N2c1cccc(C(F)(F)F)c1. The molecule has 0 bridgehead atoms. The van der Waals surface area contributed by atoms with E-state index in [1.54, 1.807) is 6.07 Å². The second kappa shape index (κ2) is 6.18. The van der Waals surface area contributed by atoms with Gasteiger partial charge in [-0.25, -0.2) is 0 Å². The Morgan fingerprint density at radius 3 is 2.50 bits per heavy atom. The van der Waals surface area contributed by atoms with Crippen LogP contribution in [0, 0.1) is 5.92 Å². The Balaban J connectivity index is 1.57. The normalized spacial score (nSPS) is 23.0. The fourth-order valence-corrected chi connectivity index (χ4v) is 5.11. The Bertz CT molecular complexity index is 740. The minimum Gasteiger partial charge on any atom is -0.342 e. The fraction of sp³-hybridized carbons (Fsp3) is 0.556. The number of hydrogen-bond donors (Lipinski definition) is 0. The van der Waals surface area contributed by atoms with Crippen LogP contribution in [0.4, 0.5) is 18.9 Å². The monoisotopic (exact) mass is 384 g/mol. The molecule has 0 atom stereocenters. The van der Waals surface area contributed by atoms with Crippen molar-refractivity contribution in [1.82, 2.24) is 4.90 Å². The summed E-state index contributed by atoms with van der Waals surface area (Å²) in [5, 5.41) is 0. The first-order valence-electron chi connectivity index (χ1n) is 8.73. The second-order valence-corrected chi connectivity index (χ2v) is 8.45. The van der Waals surface area contributed by atoms with E-state index < -0.39 is 16.6 Å². The first kappa shape index (κ1) is 17.7. The number of amides is 2. The van der Waals surface area contributed by atoms with Crippen molar-refractivity contribution in [2.75, 3.05) is 23.7 Å². The number of anilines is 1. The van der Waals surface area contributed by atoms with Gasteiger partial charge in [0.15, 0.2) is 0 Å². The van der Waals surface area contributed by atoms with E-state index in [2.05, 4.69) is 0 Å². The predicted molar refractivity (Wildman–Crippen MR) is 92.7 cm³/mol. The molecule has 4 nitrogen and oxygen atoms in total. The van der Waals surface area contributed by atoms with Gasteiger partial charge in [-0.3, -0.25) is 14.5 Å². The number of carbonyl (C=O) groups is 2. The first-order chi connectivity index (χ1) is 12.3. The van der Waals surface area contributed by atoms with Crippen molar-refractivity contribution < 1.29 is 22.8 Å². The maximum atomic E-state index is 13.1. The largest absolute Gasteiger partial charge is 0.416 e. The van der Waals surface area contributed by atoms with E-state index in [4.69, 9.17) is 0 Å². The van der Waals surface area contributed by atoms with Crippen molar-refractivity contribution in [3.63, 3.8) is 0 Å². The molecular formula is C18H19F3N2O2S. The van der Waals surface area contributed by atoms with Crippen LogP contribution in [-0.4, -0.2) is 40.4 Å². The molecule has 0 unspecified atom stereocenters. The van der Waals surface area contributed by atoms with E-state index in [0.717, 1.165) is 25.0 Å². The number of rotatable bonds is 2. The van der Waals surface area contributed by atoms with Gasteiger partial charge in [0.2, 0.25) is 11.8 Å². The van der Waals surface area contributed by atoms with Crippen LogP contribution >= 0.6 is 11.8 Å². The number of carbonyl (C=O) groups excluding carboxylic acids is 2. The minimum absolute atomic E-state index is 0.154. The van der Waals surface area contributed by atoms with Crippen LogP contribution < -0.4 is 4.90 Å². The van der Waals surface area contributed by atoms with Crippen molar-refractivity contribution >= 4 is 29.3 Å². The van der Waals surface area contributed by atoms with E-state index in [-0.39, 0.29) is 29.2 Å². The molecule has 1 aromatic carbocycles. The lowest BCUT2D eigenvalue weighted by Gasteiger charge is -2.44. The van der Waals surface area contributed by atoms with Gasteiger partial charge >= 0.3 is 6.18 Å². The minimum atomic E-state index is -4.45. The third kappa shape index (κ3) is 3.08. The van der Waals surface area contributed by atoms with E-state index in [0.29, 0.717) is 25.9 Å². The van der Waals surface area contributed by atoms with Crippen molar-refractivity contribution in [2.24, 2.45) is 5.92 Å². The van der Waals surface area contributed by atoms with Gasteiger partial charge in [-0.05, 0) is 43.9 Å². The lowest BCUT2D eigenvalue weighted by molar-refractivity contribution is -0.137. The third-order valence-electron chi connectivity index (χ3n) is 5.34. The lowest BCUT2D eigenvalue weighted by Crippen LogP contribution is -2.53. The molecule has 1 spiro atoms. The molecule has 1 saturated carbocycles. The average Bonchev–Trinajstić information content (AvgIpc) is 3.41. The molecular weight excluding hydrogens is 365 g/mol. The van der Waals surface area contributed by atoms with Gasteiger partial charge in [0.1, 0.15) is 0 Å². The molecule has 0 aromatic heterocycles. The van der Waals surface area contributed by atoms with Crippen LogP contribution in [-0.2, 0) is 15.8 Å². The number of hydrogen-bond acceptors (Lipinski definition) is 3. The Morgan fingerprint density at radius 2 is 1.88 bits per heavy atom. The number of thioether (sulfide) groups is 1. The highest BCUT2D eigenvalue weighted by molar-refractivity contribution is 8.02. The third-order valence-corrected chi connectivity index (χ3v) is 6.86. The first-order valence-corrected chi connectivity index (χ1v) is 9.72. The number of alkyl halides is 3. The van der Waals surface area contributed by atoms with E-state index in [1.807, 2.05) is 4.90 Å². The Kier molecular flexibility index (Phi) is 4.21. The van der Waals surface area contributed by atoms with Gasteiger partial charge in [-0.15, -0.1) is 11.8 Å². The summed E-state index contributed by atoms with van der Waals surface area (Å²) in [7, 11) is 0. The molecule has 4 rings (SSSR count). The standard InChI is InChI=1S/C18H19F3N2O2S/c19-18(20,21)13-2-1-3-14(10-13)23-15(24)11-26-17(23)6-8-22(9-7-17)16(25)12-4-5-12/h1-3,10,12H,4-9,11H2. The Hall–Kier alpha value is -1.70. The smallest absolute Gasteiger partial charge is 0.342 e. The van der Waals surface area contributed by atoms with Gasteiger partial charge in [0, 0.05) is 24.7 Å². The number of piperidine rings is 1. The molecule has 2 aliphatic heterocycles. The highest BCUT2D eigenvalue weighted by Gasteiger charge is 2.50. The molecule has 3 aliphatic rings. The van der Waals surface area contributed by atoms with Crippen LogP contribution in [0.1, 0.15) is 31.2 Å². The highest BCUT2D eigenvalue weighted by Crippen LogP contribution is 2.48. The van der Waals surface area contributed by atoms with Crippen molar-refractivity contribution in [2.45, 2.75) is 36.7 Å². The van der Waals surface area contributed by atoms with Crippen molar-refractivity contribution in [3.8, 4) is 0 Å². The van der Waals surface area contributed by atoms with E-state index >= 15 is 0 Å². The molecule has 2 saturated heterocycles. The summed E-state index contributed by atoms with van der Waals surface area (Å²) in [6.45, 7) is 1.09. The highest BCUT2D eigenvalue weighted by atomic mass is 32.2. The van der Waals surface area contributed by atoms with Gasteiger partial charge in [0.25, 0.3) is 0 Å². The maximum Gasteiger partial charge on any atom is 0.416 e. The van der Waals surface area contributed by atoms with Crippen molar-refractivity contribution in [1.29, 1.82) is 0 Å². The van der Waals surface area contributed by atoms with Gasteiger partial charge in [0.05, 0.1) is 16.2 Å². The quantitative estimate of drug-likeness (QED) is 0.784. The molecule has 0 radical (unpaired) electrons. The summed E-state index contributed by atoms with van der Waals surface area (Å²) in [5.41, 5.74) is -0.465. The average molecular weight is 384 g/mol. The second-order valence-electron chi connectivity index (χ2n) is 7.11. The van der Waals surface area contributed by atoms with Gasteiger partial charge < -0.3 is 4.90 Å². The molecule has 3 fully saturated rings. The topological polar surface area (TPSA) is 40.6 Å². The molecule has 1 aromatic rings. The summed E-state index contributed by atoms with van der Waals surface area (Å²) in [5.74, 6) is 0.421. The lowest BCUT2D eigenvalue weighted by atomic mass is 10.00. The van der Waals surface area contributed by atoms with E-state index in [9.17, 15) is 22.8 Å². The number of benzene rings is 1. The molecule has 2 amide bonds. The van der Waals surface area contributed by atoms with Crippen LogP contribution in [0.3, 0.4) is 0 Å².